The Morgan fingerprint density at radius 1 is 1.40 bits per heavy atom. The number of aromatic amines is 1. The molecule has 3 N–H and O–H groups in total. The number of likely N-dealkylation sites (tertiary alicyclic amines) is 1. The van der Waals surface area contributed by atoms with Gasteiger partial charge in [-0.1, -0.05) is 19.6 Å². The molecule has 1 aromatic carbocycles. The number of benzene rings is 1. The Kier molecular flexibility index (Phi) is 4.94. The molecule has 1 aliphatic heterocycles. The molecule has 4 rings (SSSR count). The Labute approximate surface area is 150 Å². The summed E-state index contributed by atoms with van der Waals surface area (Å²) in [4.78, 5) is 17.5. The zero-order chi connectivity index (χ0) is 16.7. The van der Waals surface area contributed by atoms with Crippen molar-refractivity contribution < 1.29 is 4.74 Å². The number of pyridine rings is 1. The lowest BCUT2D eigenvalue weighted by Gasteiger charge is -2.35. The highest BCUT2D eigenvalue weighted by Gasteiger charge is 2.21. The van der Waals surface area contributed by atoms with E-state index in [0.29, 0.717) is 6.04 Å². The smallest absolute Gasteiger partial charge is 0.266 e. The van der Waals surface area contributed by atoms with Crippen molar-refractivity contribution in [2.45, 2.75) is 13.5 Å². The molecule has 1 saturated heterocycles. The van der Waals surface area contributed by atoms with Crippen molar-refractivity contribution >= 4 is 38.4 Å². The van der Waals surface area contributed by atoms with Crippen LogP contribution in [0.4, 0.5) is 0 Å². The van der Waals surface area contributed by atoms with Gasteiger partial charge in [0, 0.05) is 47.5 Å². The van der Waals surface area contributed by atoms with Crippen molar-refractivity contribution in [1.29, 1.82) is 0 Å². The average Bonchev–Trinajstić information content (AvgIpc) is 3.03. The minimum Gasteiger partial charge on any atom is -0.496 e. The van der Waals surface area contributed by atoms with Gasteiger partial charge in [0.15, 0.2) is 0 Å². The molecule has 3 heterocycles. The van der Waals surface area contributed by atoms with E-state index < -0.39 is 0 Å². The maximum Gasteiger partial charge on any atom is 0.266 e. The van der Waals surface area contributed by atoms with E-state index in [1.54, 1.807) is 7.11 Å². The van der Waals surface area contributed by atoms with Gasteiger partial charge in [0.25, 0.3) is 5.56 Å². The third kappa shape index (κ3) is 3.08. The molecule has 0 bridgehead atoms. The van der Waals surface area contributed by atoms with Gasteiger partial charge in [-0.3, -0.25) is 9.69 Å². The van der Waals surface area contributed by atoms with Gasteiger partial charge >= 0.3 is 0 Å². The fraction of sp³-hybridized carbons (Fsp3) is 0.316. The van der Waals surface area contributed by atoms with Crippen molar-refractivity contribution in [3.63, 3.8) is 0 Å². The number of thiophene rings is 1. The van der Waals surface area contributed by atoms with Crippen LogP contribution in [0.15, 0.2) is 34.4 Å². The van der Waals surface area contributed by atoms with Crippen molar-refractivity contribution in [2.75, 3.05) is 26.7 Å². The Morgan fingerprint density at radius 3 is 2.92 bits per heavy atom. The zero-order valence-corrected chi connectivity index (χ0v) is 14.2. The molecule has 0 spiro atoms. The molecule has 5 nitrogen and oxygen atoms in total. The van der Waals surface area contributed by atoms with Crippen LogP contribution in [0.25, 0.3) is 27.1 Å². The Bertz CT molecular complexity index is 983. The van der Waals surface area contributed by atoms with Crippen molar-refractivity contribution in [3.05, 3.63) is 45.6 Å². The van der Waals surface area contributed by atoms with E-state index in [1.807, 2.05) is 23.6 Å². The summed E-state index contributed by atoms with van der Waals surface area (Å²) in [6.07, 6.45) is 4.22. The number of fused-ring (bicyclic) bond motifs is 3. The predicted molar refractivity (Wildman–Crippen MR) is 107 cm³/mol. The maximum atomic E-state index is 12.2. The summed E-state index contributed by atoms with van der Waals surface area (Å²) in [5.74, 6) is 0.804. The lowest BCUT2D eigenvalue weighted by Crippen LogP contribution is -2.55. The first-order valence-electron chi connectivity index (χ1n) is 7.92. The number of hydrogen-bond acceptors (Lipinski definition) is 5. The molecule has 0 saturated carbocycles. The van der Waals surface area contributed by atoms with Gasteiger partial charge in [-0.15, -0.1) is 11.3 Å². The van der Waals surface area contributed by atoms with E-state index in [0.717, 1.165) is 51.9 Å². The minimum atomic E-state index is -0.0397. The third-order valence-electron chi connectivity index (χ3n) is 4.45. The van der Waals surface area contributed by atoms with E-state index in [1.165, 1.54) is 11.3 Å². The highest BCUT2D eigenvalue weighted by atomic mass is 32.1. The molecule has 132 valence electrons. The summed E-state index contributed by atoms with van der Waals surface area (Å²) < 4.78 is 6.30. The number of nitrogens with zero attached hydrogens (tertiary/aromatic N) is 1. The number of H-pyrrole nitrogens is 1. The van der Waals surface area contributed by atoms with Gasteiger partial charge in [0.2, 0.25) is 0 Å². The molecule has 0 atom stereocenters. The number of methoxy groups -OCH3 is 1. The van der Waals surface area contributed by atoms with Crippen molar-refractivity contribution in [2.24, 2.45) is 5.73 Å². The second-order valence-corrected chi connectivity index (χ2v) is 7.02. The predicted octanol–water partition coefficient (Wildman–Crippen LogP) is 3.04. The molecule has 0 unspecified atom stereocenters. The quantitative estimate of drug-likeness (QED) is 0.753. The lowest BCUT2D eigenvalue weighted by molar-refractivity contribution is 0.170. The molecule has 1 aliphatic rings. The third-order valence-corrected chi connectivity index (χ3v) is 5.36. The number of ether oxygens (including phenoxy) is 1. The van der Waals surface area contributed by atoms with E-state index >= 15 is 0 Å². The van der Waals surface area contributed by atoms with Crippen LogP contribution in [0.5, 0.6) is 5.75 Å². The van der Waals surface area contributed by atoms with Crippen LogP contribution >= 0.6 is 11.3 Å². The van der Waals surface area contributed by atoms with E-state index in [4.69, 9.17) is 10.5 Å². The second-order valence-electron chi connectivity index (χ2n) is 6.10. The largest absolute Gasteiger partial charge is 0.496 e. The molecule has 3 aromatic rings. The summed E-state index contributed by atoms with van der Waals surface area (Å²) >= 11 is 1.46. The maximum absolute atomic E-state index is 12.2. The van der Waals surface area contributed by atoms with Crippen LogP contribution in [-0.2, 0) is 0 Å². The Morgan fingerprint density at radius 2 is 2.20 bits per heavy atom. The normalized spacial score (nSPS) is 15.6. The van der Waals surface area contributed by atoms with Crippen molar-refractivity contribution in [3.8, 4) is 5.75 Å². The number of nitrogens with two attached hydrogens (primary N) is 1. The van der Waals surface area contributed by atoms with Gasteiger partial charge in [0.05, 0.1) is 7.11 Å². The van der Waals surface area contributed by atoms with Gasteiger partial charge in [-0.2, -0.15) is 0 Å². The standard InChI is InChI=1S/C18H19N3O2S.CH4/c1-23-15-5-4-14-16(13-6-8-24-17(13)18(22)20-14)12(15)3-2-7-21-9-11(19)10-21;/h2-6,8,11H,7,9-10,19H2,1H3,(H,20,22);1H4/b3-2+;. The summed E-state index contributed by atoms with van der Waals surface area (Å²) in [7, 11) is 1.67. The molecule has 2 aromatic heterocycles. The first kappa shape index (κ1) is 17.7. The monoisotopic (exact) mass is 357 g/mol. The zero-order valence-electron chi connectivity index (χ0n) is 13.4. The summed E-state index contributed by atoms with van der Waals surface area (Å²) in [6, 6.07) is 6.11. The Balaban J connectivity index is 0.00000182. The van der Waals surface area contributed by atoms with Gasteiger partial charge < -0.3 is 15.5 Å². The fourth-order valence-electron chi connectivity index (χ4n) is 3.28. The molecular formula is C19H23N3O2S. The van der Waals surface area contributed by atoms with E-state index in [9.17, 15) is 4.79 Å². The van der Waals surface area contributed by atoms with E-state index in [-0.39, 0.29) is 13.0 Å². The average molecular weight is 357 g/mol. The van der Waals surface area contributed by atoms with Gasteiger partial charge in [0.1, 0.15) is 10.4 Å². The molecule has 0 amide bonds. The summed E-state index contributed by atoms with van der Waals surface area (Å²) in [5.41, 5.74) is 7.61. The second kappa shape index (κ2) is 7.00. The number of hydrogen-bond donors (Lipinski definition) is 2. The fourth-order valence-corrected chi connectivity index (χ4v) is 4.07. The van der Waals surface area contributed by atoms with Crippen LogP contribution in [-0.4, -0.2) is 42.7 Å². The lowest BCUT2D eigenvalue weighted by atomic mass is 10.0. The highest BCUT2D eigenvalue weighted by Crippen LogP contribution is 2.34. The van der Waals surface area contributed by atoms with E-state index in [2.05, 4.69) is 22.0 Å². The molecule has 0 radical (unpaired) electrons. The van der Waals surface area contributed by atoms with Crippen LogP contribution in [0, 0.1) is 0 Å². The summed E-state index contributed by atoms with van der Waals surface area (Å²) in [5, 5.41) is 3.96. The number of aromatic nitrogens is 1. The summed E-state index contributed by atoms with van der Waals surface area (Å²) in [6.45, 7) is 2.75. The topological polar surface area (TPSA) is 71.4 Å². The SMILES string of the molecule is C.COc1ccc2[nH]c(=O)c3sccc3c2c1/C=C/CN1CC(N)C1. The van der Waals surface area contributed by atoms with Crippen LogP contribution < -0.4 is 16.0 Å². The first-order chi connectivity index (χ1) is 11.7. The van der Waals surface area contributed by atoms with Crippen molar-refractivity contribution in [1.82, 2.24) is 9.88 Å². The van der Waals surface area contributed by atoms with Crippen LogP contribution in [0.1, 0.15) is 13.0 Å². The molecule has 1 fully saturated rings. The van der Waals surface area contributed by atoms with Gasteiger partial charge in [-0.25, -0.2) is 0 Å². The van der Waals surface area contributed by atoms with Gasteiger partial charge in [-0.05, 0) is 23.6 Å². The van der Waals surface area contributed by atoms with Crippen LogP contribution in [0.3, 0.4) is 0 Å². The minimum absolute atomic E-state index is 0. The molecule has 6 heteroatoms. The first-order valence-corrected chi connectivity index (χ1v) is 8.80. The van der Waals surface area contributed by atoms with Crippen LogP contribution in [0.2, 0.25) is 0 Å². The molecular weight excluding hydrogens is 334 g/mol. The molecule has 25 heavy (non-hydrogen) atoms. The number of nitrogens with one attached hydrogen (secondary N) is 1. The molecule has 0 aliphatic carbocycles. The highest BCUT2D eigenvalue weighted by molar-refractivity contribution is 7.17. The number of rotatable bonds is 4. The Hall–Kier alpha value is -2.15.